The maximum Gasteiger partial charge on any atom is 0.0693 e. The zero-order valence-electron chi connectivity index (χ0n) is 5.34. The standard InChI is InChI=1S/C7H8BrNO/c8-7-2-1-6(9)3-5(7)4-10/h1-3,10H,4,9H2. The Bertz CT molecular complexity index is 237. The lowest BCUT2D eigenvalue weighted by atomic mass is 10.2. The van der Waals surface area contributed by atoms with Gasteiger partial charge in [0.25, 0.3) is 0 Å². The fraction of sp³-hybridized carbons (Fsp3) is 0.143. The van der Waals surface area contributed by atoms with E-state index in [1.165, 1.54) is 0 Å². The third kappa shape index (κ3) is 1.49. The van der Waals surface area contributed by atoms with Crippen molar-refractivity contribution < 1.29 is 5.11 Å². The normalized spacial score (nSPS) is 9.80. The average Bonchev–Trinajstić information content (AvgIpc) is 1.94. The number of aliphatic hydroxyl groups is 1. The van der Waals surface area contributed by atoms with E-state index in [0.29, 0.717) is 5.69 Å². The van der Waals surface area contributed by atoms with Crippen LogP contribution in [0.4, 0.5) is 5.69 Å². The first kappa shape index (κ1) is 7.57. The van der Waals surface area contributed by atoms with Crippen molar-refractivity contribution in [2.75, 3.05) is 5.73 Å². The summed E-state index contributed by atoms with van der Waals surface area (Å²) >= 11 is 3.28. The molecule has 0 saturated heterocycles. The minimum Gasteiger partial charge on any atom is -0.399 e. The van der Waals surface area contributed by atoms with Crippen LogP contribution >= 0.6 is 15.9 Å². The van der Waals surface area contributed by atoms with Crippen LogP contribution in [-0.2, 0) is 6.61 Å². The topological polar surface area (TPSA) is 46.2 Å². The van der Waals surface area contributed by atoms with E-state index in [1.807, 2.05) is 6.07 Å². The summed E-state index contributed by atoms with van der Waals surface area (Å²) in [7, 11) is 0. The first-order chi connectivity index (χ1) is 4.74. The highest BCUT2D eigenvalue weighted by molar-refractivity contribution is 9.10. The van der Waals surface area contributed by atoms with Crippen LogP contribution in [0.2, 0.25) is 0 Å². The molecule has 0 heterocycles. The Morgan fingerprint density at radius 1 is 1.50 bits per heavy atom. The van der Waals surface area contributed by atoms with Gasteiger partial charge in [-0.3, -0.25) is 0 Å². The van der Waals surface area contributed by atoms with Gasteiger partial charge in [-0.05, 0) is 23.8 Å². The van der Waals surface area contributed by atoms with Gasteiger partial charge < -0.3 is 10.8 Å². The monoisotopic (exact) mass is 201 g/mol. The number of aliphatic hydroxyl groups excluding tert-OH is 1. The van der Waals surface area contributed by atoms with E-state index in [-0.39, 0.29) is 6.61 Å². The summed E-state index contributed by atoms with van der Waals surface area (Å²) in [5.74, 6) is 0. The number of benzene rings is 1. The molecule has 0 amide bonds. The molecule has 0 aliphatic rings. The second-order valence-corrected chi connectivity index (χ2v) is 2.86. The molecule has 0 radical (unpaired) electrons. The van der Waals surface area contributed by atoms with Crippen molar-refractivity contribution in [3.8, 4) is 0 Å². The van der Waals surface area contributed by atoms with Crippen molar-refractivity contribution in [3.63, 3.8) is 0 Å². The summed E-state index contributed by atoms with van der Waals surface area (Å²) < 4.78 is 0.893. The van der Waals surface area contributed by atoms with Crippen molar-refractivity contribution in [1.82, 2.24) is 0 Å². The molecule has 0 saturated carbocycles. The smallest absolute Gasteiger partial charge is 0.0693 e. The van der Waals surface area contributed by atoms with Crippen molar-refractivity contribution in [2.45, 2.75) is 6.61 Å². The molecular formula is C7H8BrNO. The Labute approximate surface area is 67.8 Å². The van der Waals surface area contributed by atoms with Gasteiger partial charge in [-0.25, -0.2) is 0 Å². The van der Waals surface area contributed by atoms with Crippen molar-refractivity contribution in [3.05, 3.63) is 28.2 Å². The van der Waals surface area contributed by atoms with Crippen LogP contribution in [0.25, 0.3) is 0 Å². The Hall–Kier alpha value is -0.540. The third-order valence-electron chi connectivity index (χ3n) is 1.24. The van der Waals surface area contributed by atoms with Crippen LogP contribution in [-0.4, -0.2) is 5.11 Å². The summed E-state index contributed by atoms with van der Waals surface area (Å²) in [6.45, 7) is 0.0195. The average molecular weight is 202 g/mol. The molecule has 0 aliphatic heterocycles. The molecule has 3 heteroatoms. The second kappa shape index (κ2) is 3.03. The molecule has 0 aromatic heterocycles. The fourth-order valence-electron chi connectivity index (χ4n) is 0.716. The first-order valence-electron chi connectivity index (χ1n) is 2.89. The summed E-state index contributed by atoms with van der Waals surface area (Å²) in [6, 6.07) is 5.34. The predicted octanol–water partition coefficient (Wildman–Crippen LogP) is 1.52. The number of halogens is 1. The molecule has 0 unspecified atom stereocenters. The van der Waals surface area contributed by atoms with Gasteiger partial charge in [0.05, 0.1) is 6.61 Å². The molecule has 0 fully saturated rings. The lowest BCUT2D eigenvalue weighted by molar-refractivity contribution is 0.281. The van der Waals surface area contributed by atoms with Crippen molar-refractivity contribution in [2.24, 2.45) is 0 Å². The number of hydrogen-bond acceptors (Lipinski definition) is 2. The van der Waals surface area contributed by atoms with Gasteiger partial charge >= 0.3 is 0 Å². The van der Waals surface area contributed by atoms with E-state index in [4.69, 9.17) is 10.8 Å². The van der Waals surface area contributed by atoms with Crippen LogP contribution in [0.15, 0.2) is 22.7 Å². The molecule has 2 nitrogen and oxygen atoms in total. The van der Waals surface area contributed by atoms with Gasteiger partial charge in [-0.2, -0.15) is 0 Å². The summed E-state index contributed by atoms with van der Waals surface area (Å²) in [4.78, 5) is 0. The largest absolute Gasteiger partial charge is 0.399 e. The van der Waals surface area contributed by atoms with Crippen molar-refractivity contribution >= 4 is 21.6 Å². The number of nitrogen functional groups attached to an aromatic ring is 1. The van der Waals surface area contributed by atoms with Crippen LogP contribution in [0, 0.1) is 0 Å². The number of hydrogen-bond donors (Lipinski definition) is 2. The molecule has 1 rings (SSSR count). The zero-order valence-corrected chi connectivity index (χ0v) is 6.93. The molecular weight excluding hydrogens is 194 g/mol. The van der Waals surface area contributed by atoms with Crippen LogP contribution < -0.4 is 5.73 Å². The van der Waals surface area contributed by atoms with Gasteiger partial charge in [0.1, 0.15) is 0 Å². The highest BCUT2D eigenvalue weighted by Crippen LogP contribution is 2.18. The maximum absolute atomic E-state index is 8.76. The van der Waals surface area contributed by atoms with E-state index in [9.17, 15) is 0 Å². The summed E-state index contributed by atoms with van der Waals surface area (Å²) in [5.41, 5.74) is 6.96. The minimum atomic E-state index is 0.0195. The number of anilines is 1. The fourth-order valence-corrected chi connectivity index (χ4v) is 1.09. The van der Waals surface area contributed by atoms with E-state index in [2.05, 4.69) is 15.9 Å². The van der Waals surface area contributed by atoms with E-state index in [1.54, 1.807) is 12.1 Å². The number of nitrogens with two attached hydrogens (primary N) is 1. The van der Waals surface area contributed by atoms with Gasteiger partial charge in [-0.15, -0.1) is 0 Å². The van der Waals surface area contributed by atoms with E-state index < -0.39 is 0 Å². The quantitative estimate of drug-likeness (QED) is 0.678. The predicted molar refractivity (Wildman–Crippen MR) is 44.5 cm³/mol. The molecule has 0 spiro atoms. The van der Waals surface area contributed by atoms with Crippen LogP contribution in [0.5, 0.6) is 0 Å². The Balaban J connectivity index is 3.09. The lowest BCUT2D eigenvalue weighted by Gasteiger charge is -2.00. The molecule has 1 aromatic rings. The maximum atomic E-state index is 8.76. The van der Waals surface area contributed by atoms with Gasteiger partial charge in [0, 0.05) is 10.2 Å². The highest BCUT2D eigenvalue weighted by atomic mass is 79.9. The molecule has 0 bridgehead atoms. The number of rotatable bonds is 1. The Kier molecular flexibility index (Phi) is 2.29. The molecule has 1 aromatic carbocycles. The second-order valence-electron chi connectivity index (χ2n) is 2.01. The first-order valence-corrected chi connectivity index (χ1v) is 3.68. The Morgan fingerprint density at radius 3 is 2.70 bits per heavy atom. The summed E-state index contributed by atoms with van der Waals surface area (Å²) in [6.07, 6.45) is 0. The Morgan fingerprint density at radius 2 is 2.20 bits per heavy atom. The molecule has 54 valence electrons. The molecule has 0 atom stereocenters. The molecule has 3 N–H and O–H groups in total. The molecule has 0 aliphatic carbocycles. The lowest BCUT2D eigenvalue weighted by Crippen LogP contribution is -1.89. The van der Waals surface area contributed by atoms with Crippen molar-refractivity contribution in [1.29, 1.82) is 0 Å². The van der Waals surface area contributed by atoms with Crippen LogP contribution in [0.3, 0.4) is 0 Å². The third-order valence-corrected chi connectivity index (χ3v) is 2.01. The van der Waals surface area contributed by atoms with Crippen LogP contribution in [0.1, 0.15) is 5.56 Å². The van der Waals surface area contributed by atoms with Gasteiger partial charge in [-0.1, -0.05) is 15.9 Å². The highest BCUT2D eigenvalue weighted by Gasteiger charge is 1.96. The van der Waals surface area contributed by atoms with Gasteiger partial charge in [0.2, 0.25) is 0 Å². The van der Waals surface area contributed by atoms with Gasteiger partial charge in [0.15, 0.2) is 0 Å². The SMILES string of the molecule is Nc1ccc(Br)c(CO)c1. The van der Waals surface area contributed by atoms with E-state index >= 15 is 0 Å². The summed E-state index contributed by atoms with van der Waals surface area (Å²) in [5, 5.41) is 8.76. The van der Waals surface area contributed by atoms with E-state index in [0.717, 1.165) is 10.0 Å². The minimum absolute atomic E-state index is 0.0195. The molecule has 10 heavy (non-hydrogen) atoms. The zero-order chi connectivity index (χ0) is 7.56.